The van der Waals surface area contributed by atoms with Crippen LogP contribution < -0.4 is 0 Å². The molecule has 1 radical (unpaired) electrons. The first-order valence-corrected chi connectivity index (χ1v) is 5.15. The molecule has 0 saturated carbocycles. The smallest absolute Gasteiger partial charge is 0.273 e. The minimum absolute atomic E-state index is 0. The quantitative estimate of drug-likeness (QED) is 0.573. The molecule has 0 atom stereocenters. The minimum Gasteiger partial charge on any atom is -0.273 e. The molecular weight excluding hydrogens is 347 g/mol. The number of rotatable bonds is 0. The van der Waals surface area contributed by atoms with Crippen molar-refractivity contribution in [2.45, 2.75) is 19.3 Å². The molecule has 3 rings (SSSR count). The summed E-state index contributed by atoms with van der Waals surface area (Å²) in [4.78, 5) is 0. The van der Waals surface area contributed by atoms with E-state index in [1.807, 2.05) is 36.5 Å². The maximum absolute atomic E-state index is 2.99. The molecule has 0 heterocycles. The van der Waals surface area contributed by atoms with E-state index in [1.54, 1.807) is 0 Å². The summed E-state index contributed by atoms with van der Waals surface area (Å²) in [6.07, 6.45) is 30.0. The molecule has 0 aromatic rings. The topological polar surface area (TPSA) is 0 Å². The second-order valence-corrected chi connectivity index (χ2v) is 3.01. The zero-order chi connectivity index (χ0) is 10.6. The fourth-order valence-corrected chi connectivity index (χ4v) is 1.02. The molecule has 1 heteroatoms. The van der Waals surface area contributed by atoms with Crippen molar-refractivity contribution in [3.05, 3.63) is 72.9 Å². The molecule has 3 aliphatic rings. The molecule has 0 saturated heterocycles. The molecule has 3 aliphatic carbocycles. The fourth-order valence-electron chi connectivity index (χ4n) is 1.02. The van der Waals surface area contributed by atoms with Gasteiger partial charge in [-0.2, -0.15) is 18.2 Å². The van der Waals surface area contributed by atoms with Crippen LogP contribution in [0.4, 0.5) is 0 Å². The Labute approximate surface area is 128 Å². The third kappa shape index (κ3) is 10.2. The predicted octanol–water partition coefficient (Wildman–Crippen LogP) is 3.92. The summed E-state index contributed by atoms with van der Waals surface area (Å²) in [7, 11) is 0. The van der Waals surface area contributed by atoms with Gasteiger partial charge in [0.15, 0.2) is 0 Å². The Balaban J connectivity index is 0.000000205. The molecule has 0 N–H and O–H groups in total. The molecular formula is C15H15Er. The van der Waals surface area contributed by atoms with E-state index in [0.717, 1.165) is 19.3 Å². The fraction of sp³-hybridized carbons (Fsp3) is 0.200. The first-order valence-electron chi connectivity index (χ1n) is 5.15. The molecule has 0 nitrogen and oxygen atoms in total. The van der Waals surface area contributed by atoms with Crippen LogP contribution in [0.2, 0.25) is 0 Å². The Morgan fingerprint density at radius 2 is 0.875 bits per heavy atom. The van der Waals surface area contributed by atoms with Crippen LogP contribution in [-0.2, 0) is 0 Å². The molecule has 16 heavy (non-hydrogen) atoms. The maximum atomic E-state index is 2.99. The van der Waals surface area contributed by atoms with E-state index in [2.05, 4.69) is 36.5 Å². The molecule has 0 spiro atoms. The van der Waals surface area contributed by atoms with Crippen molar-refractivity contribution in [2.24, 2.45) is 0 Å². The third-order valence-corrected chi connectivity index (χ3v) is 1.76. The van der Waals surface area contributed by atoms with Crippen LogP contribution in [-0.4, -0.2) is 0 Å². The maximum Gasteiger partial charge on any atom is 3.00 e. The van der Waals surface area contributed by atoms with Gasteiger partial charge in [-0.25, -0.2) is 36.5 Å². The van der Waals surface area contributed by atoms with Gasteiger partial charge in [-0.15, -0.1) is 19.3 Å². The normalized spacial score (nSPS) is 16.5. The van der Waals surface area contributed by atoms with Crippen LogP contribution in [0.25, 0.3) is 0 Å². The second kappa shape index (κ2) is 12.8. The molecule has 0 bridgehead atoms. The molecule has 0 fully saturated rings. The van der Waals surface area contributed by atoms with E-state index in [9.17, 15) is 0 Å². The van der Waals surface area contributed by atoms with Crippen molar-refractivity contribution >= 4 is 0 Å². The largest absolute Gasteiger partial charge is 3.00 e. The summed E-state index contributed by atoms with van der Waals surface area (Å²) < 4.78 is 0. The molecule has 0 unspecified atom stereocenters. The average Bonchev–Trinajstić information content (AvgIpc) is 3.09. The SMILES string of the molecule is [C-]1=CC=CC1.[C-]1=CC=CC1.[C-]1=CC=CC1.[Er+3]. The van der Waals surface area contributed by atoms with E-state index in [0.29, 0.717) is 0 Å². The van der Waals surface area contributed by atoms with Crippen molar-refractivity contribution < 1.29 is 37.3 Å². The first kappa shape index (κ1) is 15.7. The average molecular weight is 363 g/mol. The first-order chi connectivity index (χ1) is 7.50. The molecule has 87 valence electrons. The van der Waals surface area contributed by atoms with Crippen LogP contribution in [0.15, 0.2) is 54.7 Å². The Kier molecular flexibility index (Phi) is 12.5. The number of hydrogen-bond acceptors (Lipinski definition) is 0. The van der Waals surface area contributed by atoms with Crippen LogP contribution in [0.3, 0.4) is 0 Å². The van der Waals surface area contributed by atoms with Gasteiger partial charge in [0.05, 0.1) is 0 Å². The zero-order valence-electron chi connectivity index (χ0n) is 9.11. The van der Waals surface area contributed by atoms with Crippen molar-refractivity contribution in [3.63, 3.8) is 0 Å². The summed E-state index contributed by atoms with van der Waals surface area (Å²) in [6, 6.07) is 0. The monoisotopic (exact) mass is 361 g/mol. The van der Waals surface area contributed by atoms with Gasteiger partial charge in [0.2, 0.25) is 0 Å². The molecule has 0 aromatic heterocycles. The zero-order valence-corrected chi connectivity index (χ0v) is 11.0. The molecule has 0 amide bonds. The van der Waals surface area contributed by atoms with Gasteiger partial charge in [-0.3, -0.25) is 18.2 Å². The van der Waals surface area contributed by atoms with Gasteiger partial charge in [0, 0.05) is 0 Å². The standard InChI is InChI=1S/3C5H5.Er/c3*1-2-4-5-3-1;/h3*1-3H,4H2;/q3*-1;+3. The van der Waals surface area contributed by atoms with Gasteiger partial charge in [0.1, 0.15) is 0 Å². The minimum atomic E-state index is 0. The van der Waals surface area contributed by atoms with E-state index < -0.39 is 0 Å². The van der Waals surface area contributed by atoms with Gasteiger partial charge >= 0.3 is 37.3 Å². The van der Waals surface area contributed by atoms with Crippen molar-refractivity contribution in [2.75, 3.05) is 0 Å². The summed E-state index contributed by atoms with van der Waals surface area (Å²) in [5.74, 6) is 0. The Hall–Kier alpha value is -0.313. The molecule has 0 aliphatic heterocycles. The van der Waals surface area contributed by atoms with Crippen LogP contribution in [0.5, 0.6) is 0 Å². The van der Waals surface area contributed by atoms with E-state index in [4.69, 9.17) is 0 Å². The molecule has 0 aromatic carbocycles. The summed E-state index contributed by atoms with van der Waals surface area (Å²) in [6.45, 7) is 0. The predicted molar refractivity (Wildman–Crippen MR) is 64.7 cm³/mol. The third-order valence-electron chi connectivity index (χ3n) is 1.76. The Morgan fingerprint density at radius 1 is 0.562 bits per heavy atom. The van der Waals surface area contributed by atoms with Gasteiger partial charge in [-0.05, 0) is 0 Å². The number of allylic oxidation sites excluding steroid dienone is 12. The van der Waals surface area contributed by atoms with Crippen molar-refractivity contribution in [1.82, 2.24) is 0 Å². The van der Waals surface area contributed by atoms with Crippen molar-refractivity contribution in [3.8, 4) is 0 Å². The van der Waals surface area contributed by atoms with Crippen LogP contribution in [0, 0.1) is 55.5 Å². The number of hydrogen-bond donors (Lipinski definition) is 0. The van der Waals surface area contributed by atoms with E-state index in [1.165, 1.54) is 0 Å². The Morgan fingerprint density at radius 3 is 0.938 bits per heavy atom. The summed E-state index contributed by atoms with van der Waals surface area (Å²) >= 11 is 0. The summed E-state index contributed by atoms with van der Waals surface area (Å²) in [5.41, 5.74) is 0. The summed E-state index contributed by atoms with van der Waals surface area (Å²) in [5, 5.41) is 0. The van der Waals surface area contributed by atoms with Crippen LogP contribution >= 0.6 is 0 Å². The van der Waals surface area contributed by atoms with Gasteiger partial charge < -0.3 is 0 Å². The van der Waals surface area contributed by atoms with Crippen molar-refractivity contribution in [1.29, 1.82) is 0 Å². The van der Waals surface area contributed by atoms with Crippen LogP contribution in [0.1, 0.15) is 19.3 Å². The van der Waals surface area contributed by atoms with E-state index in [-0.39, 0.29) is 37.3 Å². The van der Waals surface area contributed by atoms with Gasteiger partial charge in [0.25, 0.3) is 0 Å². The van der Waals surface area contributed by atoms with Gasteiger partial charge in [-0.1, -0.05) is 0 Å². The van der Waals surface area contributed by atoms with E-state index >= 15 is 0 Å². The second-order valence-electron chi connectivity index (χ2n) is 3.01. The Bertz CT molecular complexity index is 232.